The molecule has 0 aromatic heterocycles. The Labute approximate surface area is 143 Å². The predicted octanol–water partition coefficient (Wildman–Crippen LogP) is 2.54. The van der Waals surface area contributed by atoms with Gasteiger partial charge in [-0.3, -0.25) is 4.79 Å². The predicted molar refractivity (Wildman–Crippen MR) is 90.3 cm³/mol. The normalized spacial score (nSPS) is 47.3. The first-order chi connectivity index (χ1) is 11.2. The van der Waals surface area contributed by atoms with Crippen LogP contribution in [0.4, 0.5) is 0 Å². The lowest BCUT2D eigenvalue weighted by molar-refractivity contribution is -0.123. The molecule has 2 N–H and O–H groups in total. The van der Waals surface area contributed by atoms with Crippen molar-refractivity contribution in [2.24, 2.45) is 17.3 Å². The van der Waals surface area contributed by atoms with Crippen LogP contribution in [0, 0.1) is 17.3 Å². The molecule has 0 aromatic rings. The minimum atomic E-state index is -0.766. The van der Waals surface area contributed by atoms with Crippen LogP contribution in [0.15, 0.2) is 23.3 Å². The largest absolute Gasteiger partial charge is 0.390 e. The Hall–Kier alpha value is -0.970. The summed E-state index contributed by atoms with van der Waals surface area (Å²) in [4.78, 5) is 13.3. The third-order valence-corrected chi connectivity index (χ3v) is 7.15. The Kier molecular flexibility index (Phi) is 3.45. The number of epoxide rings is 1. The van der Waals surface area contributed by atoms with Gasteiger partial charge in [-0.05, 0) is 55.9 Å². The van der Waals surface area contributed by atoms with Crippen LogP contribution in [-0.2, 0) is 9.53 Å². The van der Waals surface area contributed by atoms with Gasteiger partial charge in [0.05, 0.1) is 18.1 Å². The Balaban J connectivity index is 1.79. The summed E-state index contributed by atoms with van der Waals surface area (Å²) < 4.78 is 5.83. The maximum atomic E-state index is 13.3. The highest BCUT2D eigenvalue weighted by atomic mass is 16.6. The second-order valence-corrected chi connectivity index (χ2v) is 8.93. The zero-order chi connectivity index (χ0) is 17.4. The zero-order valence-electron chi connectivity index (χ0n) is 14.8. The summed E-state index contributed by atoms with van der Waals surface area (Å²) >= 11 is 0. The van der Waals surface area contributed by atoms with Gasteiger partial charge < -0.3 is 14.9 Å². The van der Waals surface area contributed by atoms with Gasteiger partial charge in [-0.15, -0.1) is 0 Å². The summed E-state index contributed by atoms with van der Waals surface area (Å²) in [5, 5.41) is 21.4. The van der Waals surface area contributed by atoms with Gasteiger partial charge in [-0.1, -0.05) is 26.0 Å². The second-order valence-electron chi connectivity index (χ2n) is 8.93. The highest BCUT2D eigenvalue weighted by molar-refractivity contribution is 6.04. The molecule has 0 spiro atoms. The molecule has 0 aromatic carbocycles. The molecule has 6 atom stereocenters. The number of fused-ring (bicyclic) bond motifs is 4. The van der Waals surface area contributed by atoms with Gasteiger partial charge in [0.25, 0.3) is 0 Å². The van der Waals surface area contributed by atoms with E-state index in [0.717, 1.165) is 42.4 Å². The fourth-order valence-corrected chi connectivity index (χ4v) is 5.62. The standard InChI is InChI=1S/C20H28O4/c1-10-5-6-11-7-8-12-14(19(11,2)3)17(23)15(16(12)22)20(4)18(24-20)13(21)9-10/h11,13,15-16,18,21-22H,1,5-9H2,2-4H3/t11-,13+,15+,16?,18-,20-/m1/s1. The van der Waals surface area contributed by atoms with Gasteiger partial charge in [-0.25, -0.2) is 0 Å². The molecule has 1 saturated heterocycles. The fourth-order valence-electron chi connectivity index (χ4n) is 5.62. The number of hydrogen-bond donors (Lipinski definition) is 2. The number of hydrogen-bond acceptors (Lipinski definition) is 4. The summed E-state index contributed by atoms with van der Waals surface area (Å²) in [7, 11) is 0. The lowest BCUT2D eigenvalue weighted by Crippen LogP contribution is -2.40. The smallest absolute Gasteiger partial charge is 0.168 e. The molecular weight excluding hydrogens is 304 g/mol. The molecule has 1 heterocycles. The van der Waals surface area contributed by atoms with Gasteiger partial charge in [0.15, 0.2) is 5.78 Å². The molecule has 0 radical (unpaired) electrons. The van der Waals surface area contributed by atoms with E-state index in [1.807, 2.05) is 6.92 Å². The average Bonchev–Trinajstić information content (AvgIpc) is 3.08. The van der Waals surface area contributed by atoms with Crippen molar-refractivity contribution in [1.82, 2.24) is 0 Å². The SMILES string of the molecule is C=C1CC[C@@H]2CCC3=C(C(=O)[C@H](C3O)[C@@]3(C)O[C@@H]3[C@@H](O)C1)C2(C)C. The molecule has 4 nitrogen and oxygen atoms in total. The summed E-state index contributed by atoms with van der Waals surface area (Å²) in [6.45, 7) is 10.3. The lowest BCUT2D eigenvalue weighted by atomic mass is 9.63. The van der Waals surface area contributed by atoms with Crippen molar-refractivity contribution in [2.75, 3.05) is 0 Å². The number of Topliss-reactive ketones (excluding diaryl/α,β-unsaturated/α-hetero) is 1. The number of rotatable bonds is 0. The van der Waals surface area contributed by atoms with Crippen molar-refractivity contribution in [2.45, 2.75) is 76.8 Å². The first kappa shape index (κ1) is 16.5. The van der Waals surface area contributed by atoms with Crippen molar-refractivity contribution >= 4 is 5.78 Å². The summed E-state index contributed by atoms with van der Waals surface area (Å²) in [5.41, 5.74) is 1.83. The van der Waals surface area contributed by atoms with Crippen LogP contribution in [0.1, 0.15) is 52.9 Å². The van der Waals surface area contributed by atoms with Crippen LogP contribution in [-0.4, -0.2) is 39.9 Å². The molecule has 4 heteroatoms. The van der Waals surface area contributed by atoms with Crippen molar-refractivity contribution in [1.29, 1.82) is 0 Å². The summed E-state index contributed by atoms with van der Waals surface area (Å²) in [5.74, 6) is -0.125. The van der Waals surface area contributed by atoms with E-state index < -0.39 is 29.8 Å². The first-order valence-electron chi connectivity index (χ1n) is 9.16. The van der Waals surface area contributed by atoms with Gasteiger partial charge >= 0.3 is 0 Å². The van der Waals surface area contributed by atoms with Gasteiger partial charge in [-0.2, -0.15) is 0 Å². The summed E-state index contributed by atoms with van der Waals surface area (Å²) in [6.07, 6.45) is 2.35. The maximum absolute atomic E-state index is 13.3. The number of aliphatic hydroxyl groups excluding tert-OH is 2. The number of ketones is 1. The zero-order valence-corrected chi connectivity index (χ0v) is 14.8. The minimum absolute atomic E-state index is 0.0452. The number of carbonyl (C=O) groups excluding carboxylic acids is 1. The Morgan fingerprint density at radius 3 is 2.54 bits per heavy atom. The minimum Gasteiger partial charge on any atom is -0.390 e. The first-order valence-corrected chi connectivity index (χ1v) is 9.16. The molecule has 1 aliphatic heterocycles. The highest BCUT2D eigenvalue weighted by Crippen LogP contribution is 2.58. The van der Waals surface area contributed by atoms with Gasteiger partial charge in [0.2, 0.25) is 0 Å². The third-order valence-electron chi connectivity index (χ3n) is 7.15. The van der Waals surface area contributed by atoms with E-state index in [-0.39, 0.29) is 11.2 Å². The quantitative estimate of drug-likeness (QED) is 0.528. The van der Waals surface area contributed by atoms with Gasteiger partial charge in [0, 0.05) is 5.57 Å². The molecule has 1 unspecified atom stereocenters. The molecule has 4 rings (SSSR count). The van der Waals surface area contributed by atoms with Crippen LogP contribution >= 0.6 is 0 Å². The van der Waals surface area contributed by atoms with Crippen molar-refractivity contribution < 1.29 is 19.7 Å². The number of carbonyl (C=O) groups is 1. The Morgan fingerprint density at radius 1 is 1.17 bits per heavy atom. The second kappa shape index (κ2) is 5.03. The third kappa shape index (κ3) is 2.06. The van der Waals surface area contributed by atoms with Crippen LogP contribution in [0.2, 0.25) is 0 Å². The molecule has 0 amide bonds. The lowest BCUT2D eigenvalue weighted by Gasteiger charge is -2.40. The van der Waals surface area contributed by atoms with E-state index in [0.29, 0.717) is 12.3 Å². The number of ether oxygens (including phenoxy) is 1. The van der Waals surface area contributed by atoms with E-state index in [9.17, 15) is 15.0 Å². The van der Waals surface area contributed by atoms with Crippen molar-refractivity contribution in [3.63, 3.8) is 0 Å². The fraction of sp³-hybridized carbons (Fsp3) is 0.750. The van der Waals surface area contributed by atoms with Gasteiger partial charge in [0.1, 0.15) is 11.7 Å². The van der Waals surface area contributed by atoms with E-state index in [1.165, 1.54) is 0 Å². The molecule has 3 aliphatic carbocycles. The Bertz CT molecular complexity index is 646. The molecular formula is C20H28O4. The van der Waals surface area contributed by atoms with Crippen LogP contribution < -0.4 is 0 Å². The topological polar surface area (TPSA) is 70.1 Å². The highest BCUT2D eigenvalue weighted by Gasteiger charge is 2.68. The van der Waals surface area contributed by atoms with E-state index >= 15 is 0 Å². The molecule has 4 aliphatic rings. The number of aliphatic hydroxyl groups is 2. The van der Waals surface area contributed by atoms with E-state index in [4.69, 9.17) is 4.74 Å². The van der Waals surface area contributed by atoms with Crippen molar-refractivity contribution in [3.8, 4) is 0 Å². The van der Waals surface area contributed by atoms with Crippen LogP contribution in [0.3, 0.4) is 0 Å². The molecule has 2 fully saturated rings. The molecule has 3 bridgehead atoms. The maximum Gasteiger partial charge on any atom is 0.168 e. The van der Waals surface area contributed by atoms with Crippen LogP contribution in [0.25, 0.3) is 0 Å². The molecule has 24 heavy (non-hydrogen) atoms. The number of allylic oxidation sites excluding steroid dienone is 1. The average molecular weight is 332 g/mol. The van der Waals surface area contributed by atoms with E-state index in [1.54, 1.807) is 0 Å². The van der Waals surface area contributed by atoms with Crippen LogP contribution in [0.5, 0.6) is 0 Å². The van der Waals surface area contributed by atoms with Crippen molar-refractivity contribution in [3.05, 3.63) is 23.3 Å². The Morgan fingerprint density at radius 2 is 1.83 bits per heavy atom. The molecule has 1 saturated carbocycles. The van der Waals surface area contributed by atoms with E-state index in [2.05, 4.69) is 20.4 Å². The molecule has 132 valence electrons. The monoisotopic (exact) mass is 332 g/mol. The summed E-state index contributed by atoms with van der Waals surface area (Å²) in [6, 6.07) is 0.